The summed E-state index contributed by atoms with van der Waals surface area (Å²) in [6.45, 7) is 0.266. The van der Waals surface area contributed by atoms with Crippen LogP contribution in [0.2, 0.25) is 0 Å². The Bertz CT molecular complexity index is 252. The van der Waals surface area contributed by atoms with Crippen LogP contribution < -0.4 is 5.32 Å². The summed E-state index contributed by atoms with van der Waals surface area (Å²) in [5, 5.41) is 2.44. The molecule has 0 aromatic carbocycles. The van der Waals surface area contributed by atoms with Crippen LogP contribution in [0.1, 0.15) is 19.3 Å². The number of amides is 1. The van der Waals surface area contributed by atoms with Crippen molar-refractivity contribution in [1.29, 1.82) is 0 Å². The highest BCUT2D eigenvalue weighted by molar-refractivity contribution is 5.88. The number of nitrogens with one attached hydrogen (secondary N) is 1. The molecule has 0 radical (unpaired) electrons. The molecule has 16 heavy (non-hydrogen) atoms. The minimum absolute atomic E-state index is 0.0449. The van der Waals surface area contributed by atoms with E-state index in [0.717, 1.165) is 0 Å². The van der Waals surface area contributed by atoms with Gasteiger partial charge in [-0.05, 0) is 0 Å². The zero-order valence-corrected chi connectivity index (χ0v) is 9.58. The molecule has 6 nitrogen and oxygen atoms in total. The number of ketones is 1. The van der Waals surface area contributed by atoms with Gasteiger partial charge in [-0.15, -0.1) is 0 Å². The number of Topliss-reactive ketones (excluding diaryl/α,β-unsaturated/α-hetero) is 1. The molecular weight excluding hydrogens is 214 g/mol. The van der Waals surface area contributed by atoms with Crippen molar-refractivity contribution in [2.24, 2.45) is 0 Å². The van der Waals surface area contributed by atoms with Gasteiger partial charge in [-0.3, -0.25) is 14.4 Å². The zero-order valence-electron chi connectivity index (χ0n) is 9.58. The molecule has 0 aromatic rings. The fourth-order valence-corrected chi connectivity index (χ4v) is 0.912. The van der Waals surface area contributed by atoms with Crippen molar-refractivity contribution in [3.8, 4) is 0 Å². The van der Waals surface area contributed by atoms with E-state index < -0.39 is 5.97 Å². The molecule has 1 N–H and O–H groups in total. The predicted octanol–water partition coefficient (Wildman–Crippen LogP) is -0.339. The quantitative estimate of drug-likeness (QED) is 0.578. The predicted molar refractivity (Wildman–Crippen MR) is 55.8 cm³/mol. The lowest BCUT2D eigenvalue weighted by molar-refractivity contribution is -0.141. The first-order valence-corrected chi connectivity index (χ1v) is 4.94. The van der Waals surface area contributed by atoms with Crippen LogP contribution in [0.15, 0.2) is 0 Å². The maximum Gasteiger partial charge on any atom is 0.305 e. The molecule has 6 heteroatoms. The van der Waals surface area contributed by atoms with Gasteiger partial charge in [0.05, 0.1) is 26.7 Å². The smallest absolute Gasteiger partial charge is 0.305 e. The monoisotopic (exact) mass is 231 g/mol. The van der Waals surface area contributed by atoms with E-state index >= 15 is 0 Å². The topological polar surface area (TPSA) is 81.7 Å². The molecule has 0 bridgehead atoms. The molecule has 1 amide bonds. The first-order valence-electron chi connectivity index (χ1n) is 4.94. The zero-order chi connectivity index (χ0) is 12.4. The first-order chi connectivity index (χ1) is 7.60. The average molecular weight is 231 g/mol. The third-order valence-electron chi connectivity index (χ3n) is 1.85. The fourth-order valence-electron chi connectivity index (χ4n) is 0.912. The number of ether oxygens (including phenoxy) is 2. The van der Waals surface area contributed by atoms with Crippen LogP contribution in [0.25, 0.3) is 0 Å². The van der Waals surface area contributed by atoms with Gasteiger partial charge in [0.25, 0.3) is 0 Å². The highest BCUT2D eigenvalue weighted by Crippen LogP contribution is 1.92. The summed E-state index contributed by atoms with van der Waals surface area (Å²) in [7, 11) is 2.76. The normalized spacial score (nSPS) is 9.62. The molecule has 0 atom stereocenters. The lowest BCUT2D eigenvalue weighted by Gasteiger charge is -2.03. The second-order valence-electron chi connectivity index (χ2n) is 3.13. The van der Waals surface area contributed by atoms with Gasteiger partial charge in [0.15, 0.2) is 5.78 Å². The summed E-state index contributed by atoms with van der Waals surface area (Å²) in [6, 6.07) is 0. The van der Waals surface area contributed by atoms with E-state index in [0.29, 0.717) is 6.61 Å². The van der Waals surface area contributed by atoms with Crippen molar-refractivity contribution in [3.63, 3.8) is 0 Å². The maximum absolute atomic E-state index is 11.2. The number of carbonyl (C=O) groups excluding carboxylic acids is 3. The Morgan fingerprint density at radius 1 is 1.06 bits per heavy atom. The third-order valence-corrected chi connectivity index (χ3v) is 1.85. The van der Waals surface area contributed by atoms with Crippen LogP contribution in [-0.4, -0.2) is 45.0 Å². The van der Waals surface area contributed by atoms with Crippen molar-refractivity contribution in [1.82, 2.24) is 5.32 Å². The van der Waals surface area contributed by atoms with Gasteiger partial charge < -0.3 is 14.8 Å². The Morgan fingerprint density at radius 3 is 2.31 bits per heavy atom. The van der Waals surface area contributed by atoms with Crippen LogP contribution in [0, 0.1) is 0 Å². The van der Waals surface area contributed by atoms with Gasteiger partial charge in [-0.1, -0.05) is 0 Å². The second-order valence-corrected chi connectivity index (χ2v) is 3.13. The van der Waals surface area contributed by atoms with Gasteiger partial charge in [0.2, 0.25) is 5.91 Å². The SMILES string of the molecule is COCCC(=O)NCC(=O)CCC(=O)OC. The van der Waals surface area contributed by atoms with Gasteiger partial charge in [-0.2, -0.15) is 0 Å². The van der Waals surface area contributed by atoms with Crippen molar-refractivity contribution < 1.29 is 23.9 Å². The minimum Gasteiger partial charge on any atom is -0.469 e. The van der Waals surface area contributed by atoms with E-state index in [1.54, 1.807) is 0 Å². The maximum atomic E-state index is 11.2. The first kappa shape index (κ1) is 14.6. The summed E-state index contributed by atoms with van der Waals surface area (Å²) in [6.07, 6.45) is 0.348. The van der Waals surface area contributed by atoms with Crippen LogP contribution in [-0.2, 0) is 23.9 Å². The Kier molecular flexibility index (Phi) is 8.05. The highest BCUT2D eigenvalue weighted by Gasteiger charge is 2.08. The van der Waals surface area contributed by atoms with Crippen molar-refractivity contribution in [2.75, 3.05) is 27.4 Å². The highest BCUT2D eigenvalue weighted by atomic mass is 16.5. The van der Waals surface area contributed by atoms with Gasteiger partial charge >= 0.3 is 5.97 Å². The lowest BCUT2D eigenvalue weighted by Crippen LogP contribution is -2.30. The Labute approximate surface area is 94.3 Å². The molecule has 0 aromatic heterocycles. The summed E-state index contributed by atoms with van der Waals surface area (Å²) >= 11 is 0. The van der Waals surface area contributed by atoms with Crippen LogP contribution in [0.4, 0.5) is 0 Å². The van der Waals surface area contributed by atoms with E-state index in [2.05, 4.69) is 10.1 Å². The number of rotatable bonds is 8. The molecule has 0 saturated carbocycles. The molecule has 0 saturated heterocycles. The molecule has 0 aliphatic rings. The molecule has 0 unspecified atom stereocenters. The van der Waals surface area contributed by atoms with E-state index in [4.69, 9.17) is 4.74 Å². The van der Waals surface area contributed by atoms with Crippen LogP contribution in [0.3, 0.4) is 0 Å². The average Bonchev–Trinajstić information content (AvgIpc) is 2.30. The fraction of sp³-hybridized carbons (Fsp3) is 0.700. The van der Waals surface area contributed by atoms with E-state index in [9.17, 15) is 14.4 Å². The summed E-state index contributed by atoms with van der Waals surface area (Å²) < 4.78 is 9.09. The number of methoxy groups -OCH3 is 2. The summed E-state index contributed by atoms with van der Waals surface area (Å²) in [5.41, 5.74) is 0. The van der Waals surface area contributed by atoms with E-state index in [1.807, 2.05) is 0 Å². The summed E-state index contributed by atoms with van der Waals surface area (Å²) in [5.74, 6) is -0.872. The lowest BCUT2D eigenvalue weighted by atomic mass is 10.2. The number of hydrogen-bond donors (Lipinski definition) is 1. The van der Waals surface area contributed by atoms with E-state index in [1.165, 1.54) is 14.2 Å². The number of carbonyl (C=O) groups is 3. The number of esters is 1. The molecular formula is C10H17NO5. The molecule has 0 rings (SSSR count). The molecule has 0 aliphatic heterocycles. The Hall–Kier alpha value is -1.43. The van der Waals surface area contributed by atoms with E-state index in [-0.39, 0.29) is 37.5 Å². The molecule has 0 heterocycles. The van der Waals surface area contributed by atoms with Crippen molar-refractivity contribution >= 4 is 17.7 Å². The van der Waals surface area contributed by atoms with Crippen molar-refractivity contribution in [2.45, 2.75) is 19.3 Å². The van der Waals surface area contributed by atoms with Crippen LogP contribution in [0.5, 0.6) is 0 Å². The minimum atomic E-state index is -0.431. The second kappa shape index (κ2) is 8.84. The standard InChI is InChI=1S/C10H17NO5/c1-15-6-5-9(13)11-7-8(12)3-4-10(14)16-2/h3-7H2,1-2H3,(H,11,13). The summed E-state index contributed by atoms with van der Waals surface area (Å²) in [4.78, 5) is 33.0. The molecule has 0 fully saturated rings. The Morgan fingerprint density at radius 2 is 1.75 bits per heavy atom. The molecule has 92 valence electrons. The third kappa shape index (κ3) is 7.93. The molecule has 0 spiro atoms. The number of hydrogen-bond acceptors (Lipinski definition) is 5. The van der Waals surface area contributed by atoms with Gasteiger partial charge in [-0.25, -0.2) is 0 Å². The Balaban J connectivity index is 3.57. The van der Waals surface area contributed by atoms with Gasteiger partial charge in [0.1, 0.15) is 0 Å². The van der Waals surface area contributed by atoms with Crippen molar-refractivity contribution in [3.05, 3.63) is 0 Å². The van der Waals surface area contributed by atoms with Crippen LogP contribution >= 0.6 is 0 Å². The molecule has 0 aliphatic carbocycles. The van der Waals surface area contributed by atoms with Gasteiger partial charge in [0, 0.05) is 20.0 Å². The largest absolute Gasteiger partial charge is 0.469 e.